The summed E-state index contributed by atoms with van der Waals surface area (Å²) in [5, 5.41) is 0. The molecule has 0 unspecified atom stereocenters. The number of carbonyl (C=O) groups excluding carboxylic acids is 1. The van der Waals surface area contributed by atoms with Crippen LogP contribution in [-0.4, -0.2) is 69.1 Å². The predicted molar refractivity (Wildman–Crippen MR) is 109 cm³/mol. The van der Waals surface area contributed by atoms with Crippen LogP contribution in [0.15, 0.2) is 48.7 Å². The molecule has 0 aliphatic carbocycles. The van der Waals surface area contributed by atoms with E-state index in [0.29, 0.717) is 13.0 Å². The highest BCUT2D eigenvalue weighted by Gasteiger charge is 2.20. The van der Waals surface area contributed by atoms with Crippen LogP contribution in [0.2, 0.25) is 0 Å². The van der Waals surface area contributed by atoms with Gasteiger partial charge in [-0.1, -0.05) is 18.2 Å². The van der Waals surface area contributed by atoms with Crippen molar-refractivity contribution in [3.63, 3.8) is 0 Å². The molecule has 6 nitrogen and oxygen atoms in total. The molecule has 1 aliphatic rings. The molecule has 1 saturated heterocycles. The molecule has 0 spiro atoms. The number of benzene rings is 1. The van der Waals surface area contributed by atoms with Gasteiger partial charge < -0.3 is 19.3 Å². The van der Waals surface area contributed by atoms with Crippen LogP contribution >= 0.6 is 0 Å². The summed E-state index contributed by atoms with van der Waals surface area (Å²) in [6.45, 7) is 6.55. The van der Waals surface area contributed by atoms with E-state index in [1.54, 1.807) is 13.3 Å². The predicted octanol–water partition coefficient (Wildman–Crippen LogP) is 2.31. The second-order valence-corrected chi connectivity index (χ2v) is 6.63. The largest absolute Gasteiger partial charge is 0.495 e. The van der Waals surface area contributed by atoms with Crippen LogP contribution < -0.4 is 14.5 Å². The molecule has 1 fully saturated rings. The standard InChI is InChI=1S/C21H28N4O2/c1-27-20-8-3-2-7-19(20)24-15-12-23(13-16-24)14-17-25(11-6-18-26)21-9-4-5-10-22-21/h2-5,7-10,18H,6,11-17H2,1H3. The number of hydrogen-bond acceptors (Lipinski definition) is 6. The number of anilines is 2. The third-order valence-corrected chi connectivity index (χ3v) is 4.97. The molecule has 0 saturated carbocycles. The minimum absolute atomic E-state index is 0.526. The van der Waals surface area contributed by atoms with Gasteiger partial charge in [0.25, 0.3) is 0 Å². The molecule has 0 N–H and O–H groups in total. The Kier molecular flexibility index (Phi) is 7.04. The molecule has 1 aromatic heterocycles. The molecular formula is C21H28N4O2. The molecule has 27 heavy (non-hydrogen) atoms. The van der Waals surface area contributed by atoms with Crippen LogP contribution in [0.4, 0.5) is 11.5 Å². The quantitative estimate of drug-likeness (QED) is 0.633. The zero-order chi connectivity index (χ0) is 18.9. The summed E-state index contributed by atoms with van der Waals surface area (Å²) in [5.74, 6) is 1.87. The van der Waals surface area contributed by atoms with Crippen molar-refractivity contribution in [2.24, 2.45) is 0 Å². The van der Waals surface area contributed by atoms with Gasteiger partial charge in [-0.3, -0.25) is 4.90 Å². The lowest BCUT2D eigenvalue weighted by molar-refractivity contribution is -0.107. The molecule has 1 aliphatic heterocycles. The van der Waals surface area contributed by atoms with Crippen LogP contribution in [0.25, 0.3) is 0 Å². The second kappa shape index (κ2) is 9.92. The lowest BCUT2D eigenvalue weighted by Gasteiger charge is -2.37. The number of para-hydroxylation sites is 2. The van der Waals surface area contributed by atoms with Crippen molar-refractivity contribution in [2.45, 2.75) is 6.42 Å². The first kappa shape index (κ1) is 19.2. The Bertz CT molecular complexity index is 702. The Labute approximate surface area is 161 Å². The number of ether oxygens (including phenoxy) is 1. The molecule has 0 amide bonds. The van der Waals surface area contributed by atoms with E-state index in [1.165, 1.54) is 5.69 Å². The smallest absolute Gasteiger partial charge is 0.142 e. The summed E-state index contributed by atoms with van der Waals surface area (Å²) in [7, 11) is 1.72. The van der Waals surface area contributed by atoms with Crippen LogP contribution in [0.1, 0.15) is 6.42 Å². The third-order valence-electron chi connectivity index (χ3n) is 4.97. The van der Waals surface area contributed by atoms with Crippen molar-refractivity contribution in [1.29, 1.82) is 0 Å². The highest BCUT2D eigenvalue weighted by Crippen LogP contribution is 2.28. The summed E-state index contributed by atoms with van der Waals surface area (Å²) < 4.78 is 5.49. The zero-order valence-corrected chi connectivity index (χ0v) is 16.0. The van der Waals surface area contributed by atoms with Gasteiger partial charge in [0.1, 0.15) is 17.9 Å². The van der Waals surface area contributed by atoms with E-state index in [2.05, 4.69) is 31.8 Å². The van der Waals surface area contributed by atoms with Crippen LogP contribution in [-0.2, 0) is 4.79 Å². The van der Waals surface area contributed by atoms with Crippen molar-refractivity contribution >= 4 is 17.8 Å². The van der Waals surface area contributed by atoms with E-state index in [1.807, 2.05) is 30.3 Å². The molecule has 2 aromatic rings. The highest BCUT2D eigenvalue weighted by molar-refractivity contribution is 5.58. The molecule has 144 valence electrons. The third kappa shape index (κ3) is 5.20. The molecule has 1 aromatic carbocycles. The van der Waals surface area contributed by atoms with Crippen LogP contribution in [0.3, 0.4) is 0 Å². The van der Waals surface area contributed by atoms with Gasteiger partial charge in [-0.05, 0) is 24.3 Å². The first-order valence-electron chi connectivity index (χ1n) is 9.51. The molecule has 3 rings (SSSR count). The minimum atomic E-state index is 0.526. The SMILES string of the molecule is COc1ccccc1N1CCN(CCN(CCC=O)c2ccccn2)CC1. The number of aldehydes is 1. The first-order valence-corrected chi connectivity index (χ1v) is 9.51. The second-order valence-electron chi connectivity index (χ2n) is 6.63. The van der Waals surface area contributed by atoms with E-state index in [9.17, 15) is 4.79 Å². The number of carbonyl (C=O) groups is 1. The topological polar surface area (TPSA) is 48.9 Å². The Morgan fingerprint density at radius 1 is 1.07 bits per heavy atom. The number of hydrogen-bond donors (Lipinski definition) is 0. The van der Waals surface area contributed by atoms with Gasteiger partial charge in [-0.25, -0.2) is 4.98 Å². The number of nitrogens with zero attached hydrogens (tertiary/aromatic N) is 4. The maximum Gasteiger partial charge on any atom is 0.142 e. The summed E-state index contributed by atoms with van der Waals surface area (Å²) in [6, 6.07) is 14.1. The molecule has 2 heterocycles. The van der Waals surface area contributed by atoms with Crippen LogP contribution in [0, 0.1) is 0 Å². The Hall–Kier alpha value is -2.60. The molecule has 0 bridgehead atoms. The van der Waals surface area contributed by atoms with Crippen molar-refractivity contribution in [3.8, 4) is 5.75 Å². The number of piperazine rings is 1. The van der Waals surface area contributed by atoms with Crippen molar-refractivity contribution in [1.82, 2.24) is 9.88 Å². The van der Waals surface area contributed by atoms with E-state index in [-0.39, 0.29) is 0 Å². The monoisotopic (exact) mass is 368 g/mol. The van der Waals surface area contributed by atoms with Crippen molar-refractivity contribution < 1.29 is 9.53 Å². The average molecular weight is 368 g/mol. The van der Waals surface area contributed by atoms with E-state index < -0.39 is 0 Å². The van der Waals surface area contributed by atoms with Gasteiger partial charge in [-0.2, -0.15) is 0 Å². The molecule has 0 atom stereocenters. The fourth-order valence-electron chi connectivity index (χ4n) is 3.46. The van der Waals surface area contributed by atoms with Crippen LogP contribution in [0.5, 0.6) is 5.75 Å². The summed E-state index contributed by atoms with van der Waals surface area (Å²) in [4.78, 5) is 22.3. The normalized spacial score (nSPS) is 14.8. The van der Waals surface area contributed by atoms with E-state index >= 15 is 0 Å². The average Bonchev–Trinajstić information content (AvgIpc) is 2.75. The minimum Gasteiger partial charge on any atom is -0.495 e. The number of aromatic nitrogens is 1. The fourth-order valence-corrected chi connectivity index (χ4v) is 3.46. The molecule has 0 radical (unpaired) electrons. The molecule has 6 heteroatoms. The molecular weight excluding hydrogens is 340 g/mol. The summed E-state index contributed by atoms with van der Waals surface area (Å²) >= 11 is 0. The van der Waals surface area contributed by atoms with Gasteiger partial charge in [0.2, 0.25) is 0 Å². The lowest BCUT2D eigenvalue weighted by atomic mass is 10.2. The number of pyridine rings is 1. The van der Waals surface area contributed by atoms with Gasteiger partial charge in [0.05, 0.1) is 12.8 Å². The van der Waals surface area contributed by atoms with Gasteiger partial charge >= 0.3 is 0 Å². The van der Waals surface area contributed by atoms with Gasteiger partial charge in [0.15, 0.2) is 0 Å². The Morgan fingerprint density at radius 2 is 1.85 bits per heavy atom. The Balaban J connectivity index is 1.52. The fraction of sp³-hybridized carbons (Fsp3) is 0.429. The summed E-state index contributed by atoms with van der Waals surface area (Å²) in [6.07, 6.45) is 3.30. The number of methoxy groups -OCH3 is 1. The van der Waals surface area contributed by atoms with Gasteiger partial charge in [0, 0.05) is 58.4 Å². The Morgan fingerprint density at radius 3 is 2.56 bits per heavy atom. The van der Waals surface area contributed by atoms with E-state index in [4.69, 9.17) is 4.74 Å². The highest BCUT2D eigenvalue weighted by atomic mass is 16.5. The summed E-state index contributed by atoms with van der Waals surface area (Å²) in [5.41, 5.74) is 1.17. The number of rotatable bonds is 9. The first-order chi connectivity index (χ1) is 13.3. The lowest BCUT2D eigenvalue weighted by Crippen LogP contribution is -2.48. The van der Waals surface area contributed by atoms with Crippen molar-refractivity contribution in [2.75, 3.05) is 62.7 Å². The zero-order valence-electron chi connectivity index (χ0n) is 16.0. The maximum absolute atomic E-state index is 10.8. The van der Waals surface area contributed by atoms with Crippen molar-refractivity contribution in [3.05, 3.63) is 48.7 Å². The van der Waals surface area contributed by atoms with E-state index in [0.717, 1.165) is 57.1 Å². The maximum atomic E-state index is 10.8. The van der Waals surface area contributed by atoms with Gasteiger partial charge in [-0.15, -0.1) is 0 Å².